The second-order valence-corrected chi connectivity index (χ2v) is 4.62. The molecule has 3 aromatic rings. The SMILES string of the molecule is Cc1cc(=O)n(Cc2ccncc2)c2ccccc12. The third-order valence-electron chi connectivity index (χ3n) is 3.32. The molecule has 0 aliphatic rings. The summed E-state index contributed by atoms with van der Waals surface area (Å²) < 4.78 is 1.80. The number of hydrogen-bond donors (Lipinski definition) is 0. The molecule has 0 aliphatic heterocycles. The van der Waals surface area contributed by atoms with Gasteiger partial charge in [-0.1, -0.05) is 18.2 Å². The quantitative estimate of drug-likeness (QED) is 0.701. The van der Waals surface area contributed by atoms with Gasteiger partial charge < -0.3 is 4.57 Å². The lowest BCUT2D eigenvalue weighted by atomic mass is 10.1. The van der Waals surface area contributed by atoms with E-state index in [0.29, 0.717) is 6.54 Å². The number of para-hydroxylation sites is 1. The molecular weight excluding hydrogens is 236 g/mol. The molecule has 0 unspecified atom stereocenters. The largest absolute Gasteiger partial charge is 0.304 e. The maximum absolute atomic E-state index is 12.2. The van der Waals surface area contributed by atoms with Crippen LogP contribution in [-0.2, 0) is 6.54 Å². The Hall–Kier alpha value is -2.42. The van der Waals surface area contributed by atoms with Gasteiger partial charge in [-0.15, -0.1) is 0 Å². The Balaban J connectivity index is 2.21. The standard InChI is InChI=1S/C16H14N2O/c1-12-10-16(19)18(11-13-6-8-17-9-7-13)15-5-3-2-4-14(12)15/h2-10H,11H2,1H3. The molecule has 2 heterocycles. The van der Waals surface area contributed by atoms with Gasteiger partial charge in [-0.25, -0.2) is 0 Å². The number of rotatable bonds is 2. The second kappa shape index (κ2) is 4.69. The molecule has 94 valence electrons. The van der Waals surface area contributed by atoms with Crippen molar-refractivity contribution in [2.24, 2.45) is 0 Å². The summed E-state index contributed by atoms with van der Waals surface area (Å²) in [6.07, 6.45) is 3.49. The third-order valence-corrected chi connectivity index (χ3v) is 3.32. The number of nitrogens with zero attached hydrogens (tertiary/aromatic N) is 2. The number of benzene rings is 1. The van der Waals surface area contributed by atoms with Gasteiger partial charge in [0.25, 0.3) is 5.56 Å². The molecule has 3 nitrogen and oxygen atoms in total. The van der Waals surface area contributed by atoms with Crippen molar-refractivity contribution in [1.82, 2.24) is 9.55 Å². The van der Waals surface area contributed by atoms with Gasteiger partial charge in [-0.3, -0.25) is 9.78 Å². The topological polar surface area (TPSA) is 34.9 Å². The van der Waals surface area contributed by atoms with Crippen molar-refractivity contribution < 1.29 is 0 Å². The van der Waals surface area contributed by atoms with Crippen molar-refractivity contribution in [2.75, 3.05) is 0 Å². The van der Waals surface area contributed by atoms with Crippen molar-refractivity contribution in [3.05, 3.63) is 76.3 Å². The molecule has 0 aliphatic carbocycles. The van der Waals surface area contributed by atoms with Gasteiger partial charge in [0, 0.05) is 23.8 Å². The van der Waals surface area contributed by atoms with Crippen molar-refractivity contribution in [3.63, 3.8) is 0 Å². The Bertz CT molecular complexity index is 776. The summed E-state index contributed by atoms with van der Waals surface area (Å²) >= 11 is 0. The zero-order chi connectivity index (χ0) is 13.2. The molecule has 0 spiro atoms. The minimum Gasteiger partial charge on any atom is -0.304 e. The average molecular weight is 250 g/mol. The molecule has 0 bridgehead atoms. The zero-order valence-corrected chi connectivity index (χ0v) is 10.7. The van der Waals surface area contributed by atoms with Crippen LogP contribution in [-0.4, -0.2) is 9.55 Å². The lowest BCUT2D eigenvalue weighted by Gasteiger charge is -2.11. The molecule has 3 heteroatoms. The Morgan fingerprint density at radius 2 is 1.84 bits per heavy atom. The van der Waals surface area contributed by atoms with E-state index in [1.807, 2.05) is 43.3 Å². The fraction of sp³-hybridized carbons (Fsp3) is 0.125. The summed E-state index contributed by atoms with van der Waals surface area (Å²) in [6.45, 7) is 2.54. The predicted molar refractivity (Wildman–Crippen MR) is 76.3 cm³/mol. The smallest absolute Gasteiger partial charge is 0.251 e. The van der Waals surface area contributed by atoms with Crippen LogP contribution in [0.5, 0.6) is 0 Å². The van der Waals surface area contributed by atoms with Crippen LogP contribution < -0.4 is 5.56 Å². The molecule has 1 aromatic carbocycles. The average Bonchev–Trinajstić information content (AvgIpc) is 2.45. The van der Waals surface area contributed by atoms with Crippen LogP contribution in [0.2, 0.25) is 0 Å². The first-order chi connectivity index (χ1) is 9.25. The van der Waals surface area contributed by atoms with Crippen LogP contribution in [0.4, 0.5) is 0 Å². The second-order valence-electron chi connectivity index (χ2n) is 4.62. The summed E-state index contributed by atoms with van der Waals surface area (Å²) in [7, 11) is 0. The van der Waals surface area contributed by atoms with E-state index in [9.17, 15) is 4.79 Å². The number of pyridine rings is 2. The maximum Gasteiger partial charge on any atom is 0.251 e. The Labute approximate surface area is 111 Å². The van der Waals surface area contributed by atoms with Crippen LogP contribution in [0.3, 0.4) is 0 Å². The number of aryl methyl sites for hydroxylation is 1. The Kier molecular flexibility index (Phi) is 2.88. The number of aromatic nitrogens is 2. The summed E-state index contributed by atoms with van der Waals surface area (Å²) in [6, 6.07) is 13.6. The highest BCUT2D eigenvalue weighted by atomic mass is 16.1. The normalized spacial score (nSPS) is 10.8. The van der Waals surface area contributed by atoms with Crippen molar-refractivity contribution in [2.45, 2.75) is 13.5 Å². The third kappa shape index (κ3) is 2.15. The van der Waals surface area contributed by atoms with E-state index in [1.54, 1.807) is 23.0 Å². The van der Waals surface area contributed by atoms with Crippen LogP contribution in [0.1, 0.15) is 11.1 Å². The first-order valence-corrected chi connectivity index (χ1v) is 6.24. The highest BCUT2D eigenvalue weighted by molar-refractivity contribution is 5.82. The van der Waals surface area contributed by atoms with E-state index in [2.05, 4.69) is 4.98 Å². The molecule has 0 N–H and O–H groups in total. The lowest BCUT2D eigenvalue weighted by molar-refractivity contribution is 0.791. The highest BCUT2D eigenvalue weighted by Crippen LogP contribution is 2.16. The number of fused-ring (bicyclic) bond motifs is 1. The first-order valence-electron chi connectivity index (χ1n) is 6.24. The van der Waals surface area contributed by atoms with E-state index in [-0.39, 0.29) is 5.56 Å². The van der Waals surface area contributed by atoms with Gasteiger partial charge in [0.1, 0.15) is 0 Å². The van der Waals surface area contributed by atoms with Gasteiger partial charge >= 0.3 is 0 Å². The molecule has 3 rings (SSSR count). The van der Waals surface area contributed by atoms with Gasteiger partial charge in [0.05, 0.1) is 12.1 Å². The summed E-state index contributed by atoms with van der Waals surface area (Å²) in [4.78, 5) is 16.2. The van der Waals surface area contributed by atoms with Crippen molar-refractivity contribution in [3.8, 4) is 0 Å². The summed E-state index contributed by atoms with van der Waals surface area (Å²) in [5, 5.41) is 1.12. The van der Waals surface area contributed by atoms with E-state index >= 15 is 0 Å². The first kappa shape index (κ1) is 11.7. The zero-order valence-electron chi connectivity index (χ0n) is 10.7. The van der Waals surface area contributed by atoms with Crippen molar-refractivity contribution in [1.29, 1.82) is 0 Å². The van der Waals surface area contributed by atoms with Gasteiger partial charge in [0.2, 0.25) is 0 Å². The molecule has 19 heavy (non-hydrogen) atoms. The molecular formula is C16H14N2O. The molecule has 0 saturated carbocycles. The molecule has 0 radical (unpaired) electrons. The molecule has 0 amide bonds. The molecule has 2 aromatic heterocycles. The lowest BCUT2D eigenvalue weighted by Crippen LogP contribution is -2.20. The van der Waals surface area contributed by atoms with Gasteiger partial charge in [-0.2, -0.15) is 0 Å². The summed E-state index contributed by atoms with van der Waals surface area (Å²) in [5.74, 6) is 0. The minimum atomic E-state index is 0.0352. The predicted octanol–water partition coefficient (Wildman–Crippen LogP) is 2.75. The molecule has 0 fully saturated rings. The van der Waals surface area contributed by atoms with E-state index in [0.717, 1.165) is 22.0 Å². The van der Waals surface area contributed by atoms with Gasteiger partial charge in [-0.05, 0) is 36.2 Å². The van der Waals surface area contributed by atoms with Gasteiger partial charge in [0.15, 0.2) is 0 Å². The van der Waals surface area contributed by atoms with Crippen LogP contribution in [0, 0.1) is 6.92 Å². The fourth-order valence-electron chi connectivity index (χ4n) is 2.34. The highest BCUT2D eigenvalue weighted by Gasteiger charge is 2.06. The summed E-state index contributed by atoms with van der Waals surface area (Å²) in [5.41, 5.74) is 3.11. The Morgan fingerprint density at radius 1 is 1.11 bits per heavy atom. The van der Waals surface area contributed by atoms with E-state index in [4.69, 9.17) is 0 Å². The van der Waals surface area contributed by atoms with E-state index < -0.39 is 0 Å². The minimum absolute atomic E-state index is 0.0352. The number of hydrogen-bond acceptors (Lipinski definition) is 2. The Morgan fingerprint density at radius 3 is 2.63 bits per heavy atom. The van der Waals surface area contributed by atoms with Crippen molar-refractivity contribution >= 4 is 10.9 Å². The monoisotopic (exact) mass is 250 g/mol. The van der Waals surface area contributed by atoms with E-state index in [1.165, 1.54) is 0 Å². The van der Waals surface area contributed by atoms with Crippen LogP contribution in [0.25, 0.3) is 10.9 Å². The molecule has 0 atom stereocenters. The van der Waals surface area contributed by atoms with Crippen LogP contribution in [0.15, 0.2) is 59.7 Å². The molecule has 0 saturated heterocycles. The fourth-order valence-corrected chi connectivity index (χ4v) is 2.34. The van der Waals surface area contributed by atoms with Crippen LogP contribution >= 0.6 is 0 Å². The maximum atomic E-state index is 12.2.